The zero-order valence-corrected chi connectivity index (χ0v) is 22.4. The number of rotatable bonds is 8. The van der Waals surface area contributed by atoms with Crippen LogP contribution in [0, 0.1) is 0 Å². The molecule has 12 heteroatoms. The van der Waals surface area contributed by atoms with E-state index in [1.54, 1.807) is 65.3 Å². The number of benzene rings is 2. The lowest BCUT2D eigenvalue weighted by molar-refractivity contribution is -0.113. The van der Waals surface area contributed by atoms with Crippen molar-refractivity contribution < 1.29 is 26.4 Å². The van der Waals surface area contributed by atoms with Gasteiger partial charge >= 0.3 is 0 Å². The quantitative estimate of drug-likeness (QED) is 0.434. The number of sulfonamides is 2. The minimum Gasteiger partial charge on any atom is -0.331 e. The first-order chi connectivity index (χ1) is 17.3. The number of carbonyl (C=O) groups excluding carboxylic acids is 2. The van der Waals surface area contributed by atoms with Crippen molar-refractivity contribution in [2.24, 2.45) is 0 Å². The first-order valence-corrected chi connectivity index (χ1v) is 15.3. The Labute approximate surface area is 219 Å². The van der Waals surface area contributed by atoms with Crippen molar-refractivity contribution in [1.82, 2.24) is 14.0 Å². The molecule has 9 nitrogen and oxygen atoms in total. The molecule has 0 spiro atoms. The third kappa shape index (κ3) is 6.37. The number of nitrogens with zero attached hydrogens (tertiary/aromatic N) is 1. The van der Waals surface area contributed by atoms with Gasteiger partial charge in [-0.05, 0) is 29.3 Å². The van der Waals surface area contributed by atoms with Crippen LogP contribution in [0.2, 0.25) is 5.02 Å². The minimum absolute atomic E-state index is 0.00254. The number of aromatic nitrogens is 1. The molecule has 1 aliphatic rings. The van der Waals surface area contributed by atoms with E-state index in [-0.39, 0.29) is 36.6 Å². The average molecular weight is 562 g/mol. The van der Waals surface area contributed by atoms with Gasteiger partial charge in [-0.1, -0.05) is 54.1 Å². The van der Waals surface area contributed by atoms with Crippen LogP contribution in [0.1, 0.15) is 33.6 Å². The summed E-state index contributed by atoms with van der Waals surface area (Å²) in [5.74, 6) is -1.10. The highest BCUT2D eigenvalue weighted by atomic mass is 35.5. The van der Waals surface area contributed by atoms with Gasteiger partial charge < -0.3 is 4.57 Å². The number of allylic oxidation sites excluding steroid dienone is 4. The fourth-order valence-electron chi connectivity index (χ4n) is 4.22. The summed E-state index contributed by atoms with van der Waals surface area (Å²) in [7, 11) is -7.32. The lowest BCUT2D eigenvalue weighted by atomic mass is 9.93. The zero-order valence-electron chi connectivity index (χ0n) is 20.0. The van der Waals surface area contributed by atoms with Crippen LogP contribution in [0.15, 0.2) is 60.7 Å². The third-order valence-corrected chi connectivity index (χ3v) is 7.12. The van der Waals surface area contributed by atoms with Crippen molar-refractivity contribution in [2.75, 3.05) is 12.5 Å². The van der Waals surface area contributed by atoms with Gasteiger partial charge in [-0.2, -0.15) is 0 Å². The number of hydrogen-bond donors (Lipinski definition) is 2. The standard InChI is InChI=1S/C25H24ClN3O6S2/c1-36(32,33)27-14-16-6-5-7-17(12-16)15-29-21-11-10-18(26)13-20(21)23(19-8-3-4-9-22(19)30)24(29)25(31)28-37(2,34)35/h3-8,10-13,27H,9,14-15H2,1-2H3,(H,28,31). The largest absolute Gasteiger partial charge is 0.331 e. The average Bonchev–Trinajstić information content (AvgIpc) is 3.10. The number of ketones is 1. The monoisotopic (exact) mass is 561 g/mol. The first kappa shape index (κ1) is 26.8. The normalized spacial score (nSPS) is 14.1. The minimum atomic E-state index is -3.92. The maximum atomic E-state index is 13.4. The Hall–Kier alpha value is -3.25. The smallest absolute Gasteiger partial charge is 0.282 e. The van der Waals surface area contributed by atoms with Crippen molar-refractivity contribution in [3.8, 4) is 0 Å². The van der Waals surface area contributed by atoms with Crippen molar-refractivity contribution in [3.63, 3.8) is 0 Å². The summed E-state index contributed by atoms with van der Waals surface area (Å²) in [6.45, 7) is 0.212. The van der Waals surface area contributed by atoms with Crippen molar-refractivity contribution >= 4 is 59.8 Å². The molecule has 194 valence electrons. The second kappa shape index (κ2) is 10.3. The van der Waals surface area contributed by atoms with E-state index in [2.05, 4.69) is 4.72 Å². The van der Waals surface area contributed by atoms with E-state index in [1.807, 2.05) is 4.72 Å². The van der Waals surface area contributed by atoms with Gasteiger partial charge in [0.15, 0.2) is 5.78 Å². The van der Waals surface area contributed by atoms with Crippen LogP contribution in [0.5, 0.6) is 0 Å². The summed E-state index contributed by atoms with van der Waals surface area (Å²) in [5, 5.41) is 0.908. The summed E-state index contributed by atoms with van der Waals surface area (Å²) in [6.07, 6.45) is 7.09. The van der Waals surface area contributed by atoms with Gasteiger partial charge in [0.1, 0.15) is 5.69 Å². The van der Waals surface area contributed by atoms with Crippen LogP contribution in [-0.4, -0.2) is 45.6 Å². The van der Waals surface area contributed by atoms with Gasteiger partial charge in [-0.15, -0.1) is 0 Å². The van der Waals surface area contributed by atoms with Gasteiger partial charge in [0.2, 0.25) is 20.0 Å². The molecule has 37 heavy (non-hydrogen) atoms. The molecule has 0 unspecified atom stereocenters. The maximum Gasteiger partial charge on any atom is 0.282 e. The molecule has 2 N–H and O–H groups in total. The summed E-state index contributed by atoms with van der Waals surface area (Å²) >= 11 is 6.29. The van der Waals surface area contributed by atoms with Crippen molar-refractivity contribution in [2.45, 2.75) is 19.5 Å². The van der Waals surface area contributed by atoms with Crippen molar-refractivity contribution in [3.05, 3.63) is 88.1 Å². The molecule has 2 aromatic carbocycles. The number of amides is 1. The Bertz CT molecular complexity index is 1700. The molecular weight excluding hydrogens is 538 g/mol. The van der Waals surface area contributed by atoms with Crippen molar-refractivity contribution in [1.29, 1.82) is 0 Å². The highest BCUT2D eigenvalue weighted by Gasteiger charge is 2.29. The predicted molar refractivity (Wildman–Crippen MR) is 143 cm³/mol. The predicted octanol–water partition coefficient (Wildman–Crippen LogP) is 2.99. The lowest BCUT2D eigenvalue weighted by Gasteiger charge is -2.14. The number of nitrogens with one attached hydrogen (secondary N) is 2. The van der Waals surface area contributed by atoms with E-state index in [1.165, 1.54) is 0 Å². The van der Waals surface area contributed by atoms with Gasteiger partial charge in [0.05, 0.1) is 12.5 Å². The Morgan fingerprint density at radius 2 is 1.76 bits per heavy atom. The van der Waals surface area contributed by atoms with E-state index < -0.39 is 26.0 Å². The molecule has 3 aromatic rings. The maximum absolute atomic E-state index is 13.4. The molecule has 0 atom stereocenters. The highest BCUT2D eigenvalue weighted by molar-refractivity contribution is 7.89. The van der Waals surface area contributed by atoms with E-state index >= 15 is 0 Å². The molecule has 0 fully saturated rings. The molecule has 1 aromatic heterocycles. The highest BCUT2D eigenvalue weighted by Crippen LogP contribution is 2.36. The van der Waals surface area contributed by atoms with Crippen LogP contribution >= 0.6 is 11.6 Å². The molecular formula is C25H24ClN3O6S2. The fraction of sp³-hybridized carbons (Fsp3) is 0.200. The number of hydrogen-bond acceptors (Lipinski definition) is 6. The summed E-state index contributed by atoms with van der Waals surface area (Å²) in [5.41, 5.74) is 2.56. The van der Waals surface area contributed by atoms with Crippen LogP contribution in [0.4, 0.5) is 0 Å². The molecule has 1 amide bonds. The SMILES string of the molecule is CS(=O)(=O)NCc1cccc(Cn2c(C(=O)NS(C)(=O)=O)c(C3=CC=CCC3=O)c3cc(Cl)ccc32)c1. The number of fused-ring (bicyclic) bond motifs is 1. The van der Waals surface area contributed by atoms with Crippen LogP contribution in [0.25, 0.3) is 16.5 Å². The lowest BCUT2D eigenvalue weighted by Crippen LogP contribution is -2.32. The molecule has 4 rings (SSSR count). The molecule has 0 saturated heterocycles. The number of halogens is 1. The molecule has 0 bridgehead atoms. The summed E-state index contributed by atoms with van der Waals surface area (Å²) in [6, 6.07) is 12.1. The molecule has 0 radical (unpaired) electrons. The number of carbonyl (C=O) groups is 2. The zero-order chi connectivity index (χ0) is 27.0. The van der Waals surface area contributed by atoms with E-state index in [0.29, 0.717) is 27.1 Å². The fourth-order valence-corrected chi connectivity index (χ4v) is 5.25. The Balaban J connectivity index is 1.93. The van der Waals surface area contributed by atoms with Gasteiger partial charge in [-0.25, -0.2) is 26.3 Å². The van der Waals surface area contributed by atoms with Gasteiger partial charge in [0, 0.05) is 46.6 Å². The second-order valence-electron chi connectivity index (χ2n) is 8.72. The van der Waals surface area contributed by atoms with Crippen LogP contribution < -0.4 is 9.44 Å². The van der Waals surface area contributed by atoms with Crippen LogP contribution in [0.3, 0.4) is 0 Å². The second-order valence-corrected chi connectivity index (χ2v) is 12.7. The van der Waals surface area contributed by atoms with E-state index in [0.717, 1.165) is 18.1 Å². The topological polar surface area (TPSA) is 131 Å². The molecule has 1 heterocycles. The van der Waals surface area contributed by atoms with Gasteiger partial charge in [0.25, 0.3) is 5.91 Å². The van der Waals surface area contributed by atoms with E-state index in [9.17, 15) is 26.4 Å². The molecule has 1 aliphatic carbocycles. The summed E-state index contributed by atoms with van der Waals surface area (Å²) < 4.78 is 53.1. The Kier molecular flexibility index (Phi) is 7.43. The Morgan fingerprint density at radius 1 is 1.03 bits per heavy atom. The summed E-state index contributed by atoms with van der Waals surface area (Å²) in [4.78, 5) is 26.3. The van der Waals surface area contributed by atoms with E-state index in [4.69, 9.17) is 11.6 Å². The molecule has 0 aliphatic heterocycles. The first-order valence-electron chi connectivity index (χ1n) is 11.1. The van der Waals surface area contributed by atoms with Crippen LogP contribution in [-0.2, 0) is 37.9 Å². The van der Waals surface area contributed by atoms with Gasteiger partial charge in [-0.3, -0.25) is 9.59 Å². The molecule has 0 saturated carbocycles. The number of Topliss-reactive ketones (excluding diaryl/α,β-unsaturated/α-hetero) is 1. The Morgan fingerprint density at radius 3 is 2.43 bits per heavy atom. The third-order valence-electron chi connectivity index (χ3n) is 5.66.